The fraction of sp³-hybridized carbons (Fsp3) is 0.222. The first-order valence-corrected chi connectivity index (χ1v) is 8.03. The van der Waals surface area contributed by atoms with Crippen LogP contribution >= 0.6 is 0 Å². The Hall–Kier alpha value is -3.42. The van der Waals surface area contributed by atoms with Crippen molar-refractivity contribution in [3.05, 3.63) is 42.1 Å². The zero-order chi connectivity index (χ0) is 18.1. The first kappa shape index (κ1) is 16.1. The molecule has 1 fully saturated rings. The molecule has 0 spiro atoms. The molecule has 1 aliphatic heterocycles. The number of fused-ring (bicyclic) bond motifs is 1. The number of hydrogen-bond donors (Lipinski definition) is 0. The summed E-state index contributed by atoms with van der Waals surface area (Å²) in [5.41, 5.74) is 1.12. The highest BCUT2D eigenvalue weighted by molar-refractivity contribution is 6.04. The highest BCUT2D eigenvalue weighted by atomic mass is 16.5. The topological polar surface area (TPSA) is 103 Å². The first-order chi connectivity index (χ1) is 12.6. The summed E-state index contributed by atoms with van der Waals surface area (Å²) in [5, 5.41) is 4.77. The van der Waals surface area contributed by atoms with Gasteiger partial charge in [-0.1, -0.05) is 23.4 Å². The third kappa shape index (κ3) is 3.08. The second-order valence-electron chi connectivity index (χ2n) is 5.87. The summed E-state index contributed by atoms with van der Waals surface area (Å²) in [7, 11) is 0. The summed E-state index contributed by atoms with van der Waals surface area (Å²) in [4.78, 5) is 35.7. The maximum absolute atomic E-state index is 11.8. The SMILES string of the molecule is O=C(CN1C(=O)CCC1=O)OCc1cc(-c2cc3ccccc3o2)on1. The van der Waals surface area contributed by atoms with E-state index in [4.69, 9.17) is 13.7 Å². The Morgan fingerprint density at radius 3 is 2.65 bits per heavy atom. The summed E-state index contributed by atoms with van der Waals surface area (Å²) in [5.74, 6) is -0.468. The molecule has 26 heavy (non-hydrogen) atoms. The molecule has 0 unspecified atom stereocenters. The van der Waals surface area contributed by atoms with Crippen molar-refractivity contribution in [2.24, 2.45) is 0 Å². The second-order valence-corrected chi connectivity index (χ2v) is 5.87. The van der Waals surface area contributed by atoms with Crippen LogP contribution in [0.5, 0.6) is 0 Å². The van der Waals surface area contributed by atoms with Gasteiger partial charge >= 0.3 is 5.97 Å². The number of para-hydroxylation sites is 1. The Bertz CT molecular complexity index is 953. The molecule has 0 aliphatic carbocycles. The van der Waals surface area contributed by atoms with Gasteiger partial charge in [-0.3, -0.25) is 19.3 Å². The number of carbonyl (C=O) groups is 3. The van der Waals surface area contributed by atoms with Gasteiger partial charge in [-0.2, -0.15) is 0 Å². The van der Waals surface area contributed by atoms with Crippen molar-refractivity contribution >= 4 is 28.8 Å². The molecule has 2 aromatic heterocycles. The Morgan fingerprint density at radius 1 is 1.12 bits per heavy atom. The summed E-state index contributed by atoms with van der Waals surface area (Å²) in [6, 6.07) is 11.0. The zero-order valence-corrected chi connectivity index (χ0v) is 13.6. The van der Waals surface area contributed by atoms with Crippen molar-refractivity contribution in [2.45, 2.75) is 19.4 Å². The number of imide groups is 1. The van der Waals surface area contributed by atoms with E-state index < -0.39 is 5.97 Å². The molecule has 3 aromatic rings. The van der Waals surface area contributed by atoms with Gasteiger partial charge in [0.15, 0.2) is 5.76 Å². The number of hydrogen-bond acceptors (Lipinski definition) is 7. The smallest absolute Gasteiger partial charge is 0.326 e. The van der Waals surface area contributed by atoms with Crippen LogP contribution in [0.25, 0.3) is 22.5 Å². The lowest BCUT2D eigenvalue weighted by Crippen LogP contribution is -2.35. The Kier molecular flexibility index (Phi) is 4.00. The second kappa shape index (κ2) is 6.47. The van der Waals surface area contributed by atoms with Crippen LogP contribution in [0.15, 0.2) is 45.3 Å². The van der Waals surface area contributed by atoms with E-state index in [9.17, 15) is 14.4 Å². The summed E-state index contributed by atoms with van der Waals surface area (Å²) in [6.45, 7) is -0.509. The highest BCUT2D eigenvalue weighted by Gasteiger charge is 2.31. The van der Waals surface area contributed by atoms with E-state index in [1.165, 1.54) is 0 Å². The molecule has 2 amide bonds. The molecule has 0 saturated carbocycles. The maximum Gasteiger partial charge on any atom is 0.326 e. The van der Waals surface area contributed by atoms with E-state index >= 15 is 0 Å². The molecule has 8 nitrogen and oxygen atoms in total. The average molecular weight is 354 g/mol. The minimum atomic E-state index is -0.679. The number of nitrogens with zero attached hydrogens (tertiary/aromatic N) is 2. The van der Waals surface area contributed by atoms with E-state index in [0.717, 1.165) is 15.9 Å². The average Bonchev–Trinajstić information content (AvgIpc) is 3.34. The van der Waals surface area contributed by atoms with E-state index in [1.807, 2.05) is 30.3 Å². The van der Waals surface area contributed by atoms with Crippen LogP contribution in [0, 0.1) is 0 Å². The minimum absolute atomic E-state index is 0.126. The van der Waals surface area contributed by atoms with Gasteiger partial charge < -0.3 is 13.7 Å². The standard InChI is InChI=1S/C18H14N2O6/c21-16-5-6-17(22)20(16)9-18(23)24-10-12-8-15(26-19-12)14-7-11-3-1-2-4-13(11)25-14/h1-4,7-8H,5-6,9-10H2. The van der Waals surface area contributed by atoms with E-state index in [0.29, 0.717) is 17.2 Å². The summed E-state index contributed by atoms with van der Waals surface area (Å²) >= 11 is 0. The molecule has 3 heterocycles. The van der Waals surface area contributed by atoms with Crippen LogP contribution in [-0.2, 0) is 25.7 Å². The van der Waals surface area contributed by atoms with Gasteiger partial charge in [-0.15, -0.1) is 0 Å². The number of benzene rings is 1. The van der Waals surface area contributed by atoms with Gasteiger partial charge in [-0.25, -0.2) is 0 Å². The van der Waals surface area contributed by atoms with Crippen LogP contribution in [0.3, 0.4) is 0 Å². The van der Waals surface area contributed by atoms with E-state index in [-0.39, 0.29) is 37.8 Å². The molecule has 0 radical (unpaired) electrons. The predicted molar refractivity (Wildman–Crippen MR) is 87.5 cm³/mol. The van der Waals surface area contributed by atoms with Crippen LogP contribution in [-0.4, -0.2) is 34.4 Å². The summed E-state index contributed by atoms with van der Waals surface area (Å²) < 4.78 is 16.0. The fourth-order valence-electron chi connectivity index (χ4n) is 2.73. The number of amides is 2. The number of furan rings is 1. The van der Waals surface area contributed by atoms with Gasteiger partial charge in [0, 0.05) is 24.3 Å². The van der Waals surface area contributed by atoms with Gasteiger partial charge in [0.25, 0.3) is 0 Å². The number of carbonyl (C=O) groups excluding carboxylic acids is 3. The van der Waals surface area contributed by atoms with Gasteiger partial charge in [0.2, 0.25) is 17.6 Å². The third-order valence-corrected chi connectivity index (χ3v) is 4.05. The Morgan fingerprint density at radius 2 is 1.88 bits per heavy atom. The molecule has 132 valence electrons. The van der Waals surface area contributed by atoms with Crippen molar-refractivity contribution in [1.29, 1.82) is 0 Å². The maximum atomic E-state index is 11.8. The quantitative estimate of drug-likeness (QED) is 0.511. The number of likely N-dealkylation sites (tertiary alicyclic amines) is 1. The molecule has 0 N–H and O–H groups in total. The van der Waals surface area contributed by atoms with Gasteiger partial charge in [-0.05, 0) is 12.1 Å². The molecular formula is C18H14N2O6. The monoisotopic (exact) mass is 354 g/mol. The molecule has 1 saturated heterocycles. The Labute approximate surface area is 147 Å². The number of ether oxygens (including phenoxy) is 1. The molecule has 1 aromatic carbocycles. The molecular weight excluding hydrogens is 340 g/mol. The van der Waals surface area contributed by atoms with Crippen LogP contribution in [0.4, 0.5) is 0 Å². The number of esters is 1. The molecule has 1 aliphatic rings. The van der Waals surface area contributed by atoms with Crippen LogP contribution in [0.2, 0.25) is 0 Å². The van der Waals surface area contributed by atoms with Crippen molar-refractivity contribution in [2.75, 3.05) is 6.54 Å². The van der Waals surface area contributed by atoms with Gasteiger partial charge in [0.1, 0.15) is 24.4 Å². The normalized spacial score (nSPS) is 14.4. The third-order valence-electron chi connectivity index (χ3n) is 4.05. The van der Waals surface area contributed by atoms with Crippen molar-refractivity contribution < 1.29 is 28.1 Å². The lowest BCUT2D eigenvalue weighted by molar-refractivity contribution is -0.153. The van der Waals surface area contributed by atoms with Crippen molar-refractivity contribution in [3.63, 3.8) is 0 Å². The molecule has 4 rings (SSSR count). The van der Waals surface area contributed by atoms with E-state index in [2.05, 4.69) is 5.16 Å². The first-order valence-electron chi connectivity index (χ1n) is 8.03. The van der Waals surface area contributed by atoms with Crippen molar-refractivity contribution in [3.8, 4) is 11.5 Å². The largest absolute Gasteiger partial charge is 0.458 e. The van der Waals surface area contributed by atoms with Gasteiger partial charge in [0.05, 0.1) is 0 Å². The minimum Gasteiger partial charge on any atom is -0.458 e. The highest BCUT2D eigenvalue weighted by Crippen LogP contribution is 2.28. The fourth-order valence-corrected chi connectivity index (χ4v) is 2.73. The predicted octanol–water partition coefficient (Wildman–Crippen LogP) is 2.28. The lowest BCUT2D eigenvalue weighted by Gasteiger charge is -2.12. The van der Waals surface area contributed by atoms with Crippen LogP contribution < -0.4 is 0 Å². The van der Waals surface area contributed by atoms with Crippen LogP contribution in [0.1, 0.15) is 18.5 Å². The van der Waals surface area contributed by atoms with Crippen molar-refractivity contribution in [1.82, 2.24) is 10.1 Å². The Balaban J connectivity index is 1.38. The summed E-state index contributed by atoms with van der Waals surface area (Å²) in [6.07, 6.45) is 0.270. The lowest BCUT2D eigenvalue weighted by atomic mass is 10.2. The zero-order valence-electron chi connectivity index (χ0n) is 13.6. The number of aromatic nitrogens is 1. The molecule has 8 heteroatoms. The molecule has 0 atom stereocenters. The molecule has 0 bridgehead atoms. The van der Waals surface area contributed by atoms with E-state index in [1.54, 1.807) is 6.07 Å². The number of rotatable bonds is 5.